The minimum Gasteiger partial charge on any atom is -0.338 e. The fourth-order valence-electron chi connectivity index (χ4n) is 4.23. The number of nitrogens with zero attached hydrogens (tertiary/aromatic N) is 3. The van der Waals surface area contributed by atoms with E-state index in [9.17, 15) is 14.4 Å². The monoisotopic (exact) mass is 419 g/mol. The van der Waals surface area contributed by atoms with E-state index in [1.54, 1.807) is 35.6 Å². The Kier molecular flexibility index (Phi) is 4.83. The summed E-state index contributed by atoms with van der Waals surface area (Å²) in [5, 5.41) is 1.09. The van der Waals surface area contributed by atoms with Crippen LogP contribution in [0.2, 0.25) is 0 Å². The van der Waals surface area contributed by atoms with Crippen molar-refractivity contribution in [2.45, 2.75) is 31.6 Å². The Bertz CT molecular complexity index is 1090. The van der Waals surface area contributed by atoms with E-state index in [1.165, 1.54) is 9.60 Å². The number of rotatable bonds is 3. The smallest absolute Gasteiger partial charge is 0.253 e. The van der Waals surface area contributed by atoms with Crippen molar-refractivity contribution in [1.82, 2.24) is 9.88 Å². The Hall–Kier alpha value is -3.06. The van der Waals surface area contributed by atoms with E-state index in [4.69, 9.17) is 4.98 Å². The summed E-state index contributed by atoms with van der Waals surface area (Å²) in [6.45, 7) is 1.38. The Morgan fingerprint density at radius 3 is 2.47 bits per heavy atom. The molecule has 0 radical (unpaired) electrons. The van der Waals surface area contributed by atoms with Gasteiger partial charge in [0.25, 0.3) is 5.91 Å². The summed E-state index contributed by atoms with van der Waals surface area (Å²) >= 11 is 1.71. The molecule has 30 heavy (non-hydrogen) atoms. The Morgan fingerprint density at radius 1 is 1.00 bits per heavy atom. The first-order valence-electron chi connectivity index (χ1n) is 10.2. The molecular formula is C23H21N3O3S. The van der Waals surface area contributed by atoms with Gasteiger partial charge in [0.05, 0.1) is 20.9 Å². The second-order valence-electron chi connectivity index (χ2n) is 7.78. The predicted molar refractivity (Wildman–Crippen MR) is 116 cm³/mol. The number of imide groups is 1. The maximum absolute atomic E-state index is 13.1. The molecule has 0 N–H and O–H groups in total. The van der Waals surface area contributed by atoms with Gasteiger partial charge in [0, 0.05) is 37.4 Å². The second kappa shape index (κ2) is 7.65. The highest BCUT2D eigenvalue weighted by molar-refractivity contribution is 7.18. The quantitative estimate of drug-likeness (QED) is 0.603. The zero-order valence-corrected chi connectivity index (χ0v) is 17.2. The van der Waals surface area contributed by atoms with Gasteiger partial charge in [-0.2, -0.15) is 0 Å². The topological polar surface area (TPSA) is 70.6 Å². The number of amides is 3. The molecule has 0 bridgehead atoms. The van der Waals surface area contributed by atoms with Crippen LogP contribution in [0.15, 0.2) is 48.5 Å². The third-order valence-electron chi connectivity index (χ3n) is 5.79. The molecule has 0 spiro atoms. The van der Waals surface area contributed by atoms with Gasteiger partial charge < -0.3 is 4.90 Å². The number of anilines is 1. The average molecular weight is 420 g/mol. The summed E-state index contributed by atoms with van der Waals surface area (Å²) < 4.78 is 1.18. The van der Waals surface area contributed by atoms with Gasteiger partial charge in [-0.3, -0.25) is 19.3 Å². The van der Waals surface area contributed by atoms with Crippen molar-refractivity contribution in [2.75, 3.05) is 18.0 Å². The Labute approximate surface area is 178 Å². The van der Waals surface area contributed by atoms with Crippen LogP contribution in [-0.2, 0) is 9.59 Å². The lowest BCUT2D eigenvalue weighted by Gasteiger charge is -2.32. The summed E-state index contributed by atoms with van der Waals surface area (Å²) in [6.07, 6.45) is 2.48. The highest BCUT2D eigenvalue weighted by atomic mass is 32.1. The van der Waals surface area contributed by atoms with Crippen LogP contribution in [0.3, 0.4) is 0 Å². The van der Waals surface area contributed by atoms with Crippen LogP contribution in [0.4, 0.5) is 5.69 Å². The SMILES string of the molecule is O=C(c1ccc(N2C(=O)CCC2=O)cc1)N1CCC[C@@H](c2nc3ccccc3s2)C1. The lowest BCUT2D eigenvalue weighted by atomic mass is 9.98. The minimum absolute atomic E-state index is 0.0218. The summed E-state index contributed by atoms with van der Waals surface area (Å²) in [6, 6.07) is 14.9. The summed E-state index contributed by atoms with van der Waals surface area (Å²) in [4.78, 5) is 44.8. The standard InChI is InChI=1S/C23H21N3O3S/c27-20-11-12-21(28)26(20)17-9-7-15(8-10-17)23(29)25-13-3-4-16(14-25)22-24-18-5-1-2-6-19(18)30-22/h1-2,5-10,16H,3-4,11-14H2/t16-/m1/s1. The molecule has 3 heterocycles. The average Bonchev–Trinajstić information content (AvgIpc) is 3.36. The fraction of sp³-hybridized carbons (Fsp3) is 0.304. The Balaban J connectivity index is 1.32. The van der Waals surface area contributed by atoms with Gasteiger partial charge in [-0.15, -0.1) is 11.3 Å². The van der Waals surface area contributed by atoms with Crippen molar-refractivity contribution < 1.29 is 14.4 Å². The molecule has 0 aliphatic carbocycles. The van der Waals surface area contributed by atoms with Crippen LogP contribution < -0.4 is 4.90 Å². The number of hydrogen-bond donors (Lipinski definition) is 0. The number of carbonyl (C=O) groups excluding carboxylic acids is 3. The van der Waals surface area contributed by atoms with E-state index in [0.29, 0.717) is 17.8 Å². The molecule has 2 saturated heterocycles. The van der Waals surface area contributed by atoms with Gasteiger partial charge in [-0.05, 0) is 49.2 Å². The number of hydrogen-bond acceptors (Lipinski definition) is 5. The molecule has 2 aliphatic heterocycles. The van der Waals surface area contributed by atoms with E-state index >= 15 is 0 Å². The molecule has 3 amide bonds. The number of thiazole rings is 1. The zero-order valence-electron chi connectivity index (χ0n) is 16.4. The van der Waals surface area contributed by atoms with Gasteiger partial charge in [0.2, 0.25) is 11.8 Å². The lowest BCUT2D eigenvalue weighted by Crippen LogP contribution is -2.39. The van der Waals surface area contributed by atoms with Crippen LogP contribution in [-0.4, -0.2) is 40.7 Å². The first kappa shape index (κ1) is 18.9. The predicted octanol–water partition coefficient (Wildman–Crippen LogP) is 3.97. The third kappa shape index (κ3) is 3.39. The third-order valence-corrected chi connectivity index (χ3v) is 6.99. The molecule has 2 fully saturated rings. The molecule has 6 nitrogen and oxygen atoms in total. The van der Waals surface area contributed by atoms with E-state index in [-0.39, 0.29) is 36.5 Å². The van der Waals surface area contributed by atoms with Gasteiger partial charge >= 0.3 is 0 Å². The summed E-state index contributed by atoms with van der Waals surface area (Å²) in [5.41, 5.74) is 2.12. The molecular weight excluding hydrogens is 398 g/mol. The molecule has 0 saturated carbocycles. The molecule has 0 unspecified atom stereocenters. The van der Waals surface area contributed by atoms with E-state index in [2.05, 4.69) is 6.07 Å². The van der Waals surface area contributed by atoms with Crippen molar-refractivity contribution in [1.29, 1.82) is 0 Å². The van der Waals surface area contributed by atoms with Crippen molar-refractivity contribution in [2.24, 2.45) is 0 Å². The van der Waals surface area contributed by atoms with Gasteiger partial charge in [-0.25, -0.2) is 4.98 Å². The number of benzene rings is 2. The summed E-state index contributed by atoms with van der Waals surface area (Å²) in [7, 11) is 0. The molecule has 5 rings (SSSR count). The van der Waals surface area contributed by atoms with E-state index in [1.807, 2.05) is 23.1 Å². The van der Waals surface area contributed by atoms with E-state index in [0.717, 1.165) is 29.9 Å². The molecule has 1 atom stereocenters. The molecule has 1 aromatic heterocycles. The largest absolute Gasteiger partial charge is 0.338 e. The van der Waals surface area contributed by atoms with Crippen molar-refractivity contribution in [3.63, 3.8) is 0 Å². The van der Waals surface area contributed by atoms with Gasteiger partial charge in [0.1, 0.15) is 0 Å². The van der Waals surface area contributed by atoms with Crippen LogP contribution in [0.25, 0.3) is 10.2 Å². The number of para-hydroxylation sites is 1. The first-order chi connectivity index (χ1) is 14.6. The molecule has 2 aromatic carbocycles. The second-order valence-corrected chi connectivity index (χ2v) is 8.84. The van der Waals surface area contributed by atoms with Crippen LogP contribution >= 0.6 is 11.3 Å². The van der Waals surface area contributed by atoms with Crippen LogP contribution in [0.5, 0.6) is 0 Å². The van der Waals surface area contributed by atoms with Crippen molar-refractivity contribution >= 4 is 45.0 Å². The molecule has 7 heteroatoms. The first-order valence-corrected chi connectivity index (χ1v) is 11.0. The lowest BCUT2D eigenvalue weighted by molar-refractivity contribution is -0.121. The molecule has 2 aliphatic rings. The van der Waals surface area contributed by atoms with Gasteiger partial charge in [0.15, 0.2) is 0 Å². The normalized spacial score (nSPS) is 19.7. The number of carbonyl (C=O) groups is 3. The van der Waals surface area contributed by atoms with Crippen LogP contribution in [0, 0.1) is 0 Å². The van der Waals surface area contributed by atoms with Crippen LogP contribution in [0.1, 0.15) is 47.0 Å². The fourth-order valence-corrected chi connectivity index (χ4v) is 5.32. The number of fused-ring (bicyclic) bond motifs is 1. The Morgan fingerprint density at radius 2 is 1.73 bits per heavy atom. The molecule has 3 aromatic rings. The van der Waals surface area contributed by atoms with Crippen molar-refractivity contribution in [3.05, 3.63) is 59.1 Å². The highest BCUT2D eigenvalue weighted by Gasteiger charge is 2.31. The maximum atomic E-state index is 13.1. The summed E-state index contributed by atoms with van der Waals surface area (Å²) in [5.74, 6) is -0.145. The maximum Gasteiger partial charge on any atom is 0.253 e. The number of likely N-dealkylation sites (tertiary alicyclic amines) is 1. The molecule has 152 valence electrons. The number of piperidine rings is 1. The van der Waals surface area contributed by atoms with Crippen molar-refractivity contribution in [3.8, 4) is 0 Å². The highest BCUT2D eigenvalue weighted by Crippen LogP contribution is 2.33. The zero-order chi connectivity index (χ0) is 20.7. The number of aromatic nitrogens is 1. The minimum atomic E-state index is -0.186. The van der Waals surface area contributed by atoms with E-state index < -0.39 is 0 Å². The van der Waals surface area contributed by atoms with Gasteiger partial charge in [-0.1, -0.05) is 12.1 Å².